The Morgan fingerprint density at radius 2 is 2.00 bits per heavy atom. The normalized spacial score (nSPS) is 10.3. The molecule has 1 aromatic carbocycles. The number of ether oxygens (including phenoxy) is 1. The average Bonchev–Trinajstić information content (AvgIpc) is 2.46. The van der Waals surface area contributed by atoms with E-state index in [1.165, 1.54) is 31.5 Å². The molecule has 0 aliphatic rings. The minimum absolute atomic E-state index is 0.0184. The molecule has 0 saturated heterocycles. The van der Waals surface area contributed by atoms with E-state index in [4.69, 9.17) is 22.7 Å². The number of thiocarbonyl (C=S) groups is 1. The van der Waals surface area contributed by atoms with Gasteiger partial charge in [-0.1, -0.05) is 6.07 Å². The smallest absolute Gasteiger partial charge is 0.197 e. The van der Waals surface area contributed by atoms with Crippen LogP contribution in [0.3, 0.4) is 0 Å². The molecule has 116 valence electrons. The number of methoxy groups -OCH3 is 1. The van der Waals surface area contributed by atoms with Crippen molar-refractivity contribution in [3.63, 3.8) is 0 Å². The van der Waals surface area contributed by atoms with Crippen LogP contribution in [0.2, 0.25) is 0 Å². The highest BCUT2D eigenvalue weighted by molar-refractivity contribution is 7.80. The summed E-state index contributed by atoms with van der Waals surface area (Å²) in [5.41, 5.74) is 6.06. The van der Waals surface area contributed by atoms with E-state index in [0.717, 1.165) is 0 Å². The number of nitrogens with zero attached hydrogens (tertiary/aromatic N) is 2. The van der Waals surface area contributed by atoms with E-state index in [1.54, 1.807) is 0 Å². The maximum Gasteiger partial charge on any atom is 0.197 e. The van der Waals surface area contributed by atoms with E-state index < -0.39 is 11.6 Å². The largest absolute Gasteiger partial charge is 0.492 e. The van der Waals surface area contributed by atoms with Gasteiger partial charge in [-0.3, -0.25) is 0 Å². The standard InChI is InChI=1S/C14H14F2N4OS/c1-21-12-8(7-18-20-13(12)19-14(17)22)5-6-9-10(15)3-2-4-11(9)16/h2-4,7H,5-6H2,1H3,(H3,17,19,20,22). The first-order valence-corrected chi connectivity index (χ1v) is 6.81. The summed E-state index contributed by atoms with van der Waals surface area (Å²) in [7, 11) is 1.45. The van der Waals surface area contributed by atoms with Crippen molar-refractivity contribution >= 4 is 23.1 Å². The SMILES string of the molecule is COc1c(CCc2c(F)cccc2F)cnnc1NC(N)=S. The van der Waals surface area contributed by atoms with Crippen LogP contribution in [0.5, 0.6) is 5.75 Å². The number of anilines is 1. The van der Waals surface area contributed by atoms with Crippen LogP contribution in [0.1, 0.15) is 11.1 Å². The summed E-state index contributed by atoms with van der Waals surface area (Å²) in [5.74, 6) is -0.508. The Bertz CT molecular complexity index is 676. The van der Waals surface area contributed by atoms with E-state index in [0.29, 0.717) is 17.7 Å². The Labute approximate surface area is 131 Å². The van der Waals surface area contributed by atoms with Gasteiger partial charge in [-0.2, -0.15) is 5.10 Å². The zero-order chi connectivity index (χ0) is 16.1. The van der Waals surface area contributed by atoms with Crippen LogP contribution >= 0.6 is 12.2 Å². The van der Waals surface area contributed by atoms with Gasteiger partial charge in [0.05, 0.1) is 13.3 Å². The molecule has 3 N–H and O–H groups in total. The molecule has 0 spiro atoms. The summed E-state index contributed by atoms with van der Waals surface area (Å²) in [5, 5.41) is 10.3. The number of rotatable bonds is 5. The molecule has 0 amide bonds. The lowest BCUT2D eigenvalue weighted by molar-refractivity contribution is 0.408. The first kappa shape index (κ1) is 16.0. The minimum atomic E-state index is -0.581. The van der Waals surface area contributed by atoms with E-state index in [2.05, 4.69) is 15.5 Å². The predicted molar refractivity (Wildman–Crippen MR) is 82.8 cm³/mol. The zero-order valence-electron chi connectivity index (χ0n) is 11.8. The second-order valence-electron chi connectivity index (χ2n) is 4.44. The van der Waals surface area contributed by atoms with Gasteiger partial charge in [-0.15, -0.1) is 5.10 Å². The Kier molecular flexibility index (Phi) is 5.16. The molecule has 0 radical (unpaired) electrons. The van der Waals surface area contributed by atoms with Gasteiger partial charge in [0.15, 0.2) is 16.7 Å². The first-order valence-electron chi connectivity index (χ1n) is 6.40. The van der Waals surface area contributed by atoms with Crippen molar-refractivity contribution < 1.29 is 13.5 Å². The van der Waals surface area contributed by atoms with Crippen LogP contribution < -0.4 is 15.8 Å². The van der Waals surface area contributed by atoms with Crippen molar-refractivity contribution in [2.75, 3.05) is 12.4 Å². The molecule has 0 saturated carbocycles. The minimum Gasteiger partial charge on any atom is -0.492 e. The van der Waals surface area contributed by atoms with Gasteiger partial charge in [0, 0.05) is 11.1 Å². The summed E-state index contributed by atoms with van der Waals surface area (Å²) < 4.78 is 32.5. The number of benzene rings is 1. The molecule has 1 aromatic heterocycles. The maximum atomic E-state index is 13.6. The second kappa shape index (κ2) is 7.08. The van der Waals surface area contributed by atoms with Crippen molar-refractivity contribution in [1.82, 2.24) is 10.2 Å². The number of hydrogen-bond acceptors (Lipinski definition) is 4. The topological polar surface area (TPSA) is 73.1 Å². The van der Waals surface area contributed by atoms with E-state index in [-0.39, 0.29) is 22.9 Å². The number of halogens is 2. The molecule has 5 nitrogen and oxygen atoms in total. The molecule has 0 aliphatic heterocycles. The molecule has 2 aromatic rings. The highest BCUT2D eigenvalue weighted by atomic mass is 32.1. The molecule has 22 heavy (non-hydrogen) atoms. The van der Waals surface area contributed by atoms with Gasteiger partial charge in [-0.25, -0.2) is 8.78 Å². The van der Waals surface area contributed by atoms with Crippen LogP contribution in [-0.2, 0) is 12.8 Å². The van der Waals surface area contributed by atoms with Crippen molar-refractivity contribution in [3.8, 4) is 5.75 Å². The van der Waals surface area contributed by atoms with Gasteiger partial charge >= 0.3 is 0 Å². The fourth-order valence-corrected chi connectivity index (χ4v) is 2.14. The third-order valence-corrected chi connectivity index (χ3v) is 3.13. The lowest BCUT2D eigenvalue weighted by Crippen LogP contribution is -2.21. The molecule has 2 rings (SSSR count). The van der Waals surface area contributed by atoms with Crippen LogP contribution in [0.4, 0.5) is 14.6 Å². The molecule has 8 heteroatoms. The molecule has 0 aliphatic carbocycles. The maximum absolute atomic E-state index is 13.6. The number of aryl methyl sites for hydroxylation is 1. The number of hydrogen-bond donors (Lipinski definition) is 2. The van der Waals surface area contributed by atoms with Crippen LogP contribution in [0.15, 0.2) is 24.4 Å². The Hall–Kier alpha value is -2.35. The lowest BCUT2D eigenvalue weighted by Gasteiger charge is -2.12. The fourth-order valence-electron chi connectivity index (χ4n) is 2.05. The highest BCUT2D eigenvalue weighted by Gasteiger charge is 2.14. The van der Waals surface area contributed by atoms with Crippen LogP contribution in [0, 0.1) is 11.6 Å². The van der Waals surface area contributed by atoms with Gasteiger partial charge in [0.2, 0.25) is 0 Å². The van der Waals surface area contributed by atoms with Crippen LogP contribution in [0.25, 0.3) is 0 Å². The van der Waals surface area contributed by atoms with Crippen molar-refractivity contribution in [2.45, 2.75) is 12.8 Å². The van der Waals surface area contributed by atoms with E-state index >= 15 is 0 Å². The summed E-state index contributed by atoms with van der Waals surface area (Å²) in [6.45, 7) is 0. The first-order chi connectivity index (χ1) is 10.5. The van der Waals surface area contributed by atoms with Gasteiger partial charge in [0.25, 0.3) is 0 Å². The Balaban J connectivity index is 2.24. The number of nitrogens with two attached hydrogens (primary N) is 1. The van der Waals surface area contributed by atoms with Gasteiger partial charge in [0.1, 0.15) is 11.6 Å². The molecule has 0 unspecified atom stereocenters. The summed E-state index contributed by atoms with van der Waals surface area (Å²) in [4.78, 5) is 0. The summed E-state index contributed by atoms with van der Waals surface area (Å²) in [6.07, 6.45) is 1.96. The molecule has 0 fully saturated rings. The fraction of sp³-hybridized carbons (Fsp3) is 0.214. The highest BCUT2D eigenvalue weighted by Crippen LogP contribution is 2.27. The lowest BCUT2D eigenvalue weighted by atomic mass is 10.0. The van der Waals surface area contributed by atoms with Crippen molar-refractivity contribution in [1.29, 1.82) is 0 Å². The molecular weight excluding hydrogens is 310 g/mol. The van der Waals surface area contributed by atoms with Crippen molar-refractivity contribution in [2.24, 2.45) is 5.73 Å². The molecule has 1 heterocycles. The van der Waals surface area contributed by atoms with Crippen molar-refractivity contribution in [3.05, 3.63) is 47.2 Å². The average molecular weight is 324 g/mol. The third-order valence-electron chi connectivity index (χ3n) is 3.03. The van der Waals surface area contributed by atoms with Crippen LogP contribution in [-0.4, -0.2) is 22.4 Å². The molecule has 0 atom stereocenters. The second-order valence-corrected chi connectivity index (χ2v) is 4.88. The quantitative estimate of drug-likeness (QED) is 0.822. The van der Waals surface area contributed by atoms with E-state index in [9.17, 15) is 8.78 Å². The Morgan fingerprint density at radius 1 is 1.32 bits per heavy atom. The molecular formula is C14H14F2N4OS. The molecule has 0 bridgehead atoms. The summed E-state index contributed by atoms with van der Waals surface area (Å²) >= 11 is 4.75. The van der Waals surface area contributed by atoms with E-state index in [1.807, 2.05) is 0 Å². The van der Waals surface area contributed by atoms with Gasteiger partial charge in [-0.05, 0) is 37.2 Å². The summed E-state index contributed by atoms with van der Waals surface area (Å²) in [6, 6.07) is 3.77. The van der Waals surface area contributed by atoms with Gasteiger partial charge < -0.3 is 15.8 Å². The monoisotopic (exact) mass is 324 g/mol. The predicted octanol–water partition coefficient (Wildman–Crippen LogP) is 2.20. The Morgan fingerprint density at radius 3 is 2.59 bits per heavy atom. The number of aromatic nitrogens is 2. The zero-order valence-corrected chi connectivity index (χ0v) is 12.6. The third kappa shape index (κ3) is 3.64. The number of nitrogens with one attached hydrogen (secondary N) is 1.